The van der Waals surface area contributed by atoms with Crippen LogP contribution in [0.4, 0.5) is 5.69 Å². The van der Waals surface area contributed by atoms with Crippen molar-refractivity contribution >= 4 is 11.6 Å². The lowest BCUT2D eigenvalue weighted by molar-refractivity contribution is -0.133. The van der Waals surface area contributed by atoms with Crippen molar-refractivity contribution in [2.45, 2.75) is 44.7 Å². The first-order valence-electron chi connectivity index (χ1n) is 7.34. The number of anilines is 1. The summed E-state index contributed by atoms with van der Waals surface area (Å²) in [7, 11) is 0. The van der Waals surface area contributed by atoms with Crippen LogP contribution >= 0.6 is 0 Å². The number of carbonyl (C=O) groups is 1. The number of aromatic nitrogens is 2. The summed E-state index contributed by atoms with van der Waals surface area (Å²) < 4.78 is 1.25. The number of nitrogens with zero attached hydrogens (tertiary/aromatic N) is 3. The zero-order valence-electron chi connectivity index (χ0n) is 11.5. The Morgan fingerprint density at radius 1 is 1.30 bits per heavy atom. The lowest BCUT2D eigenvalue weighted by atomic mass is 10.1. The van der Waals surface area contributed by atoms with E-state index >= 15 is 0 Å². The second kappa shape index (κ2) is 5.64. The van der Waals surface area contributed by atoms with Crippen LogP contribution in [0.5, 0.6) is 0 Å². The van der Waals surface area contributed by atoms with E-state index in [1.807, 2.05) is 4.90 Å². The Bertz CT molecular complexity index is 544. The molecule has 2 fully saturated rings. The quantitative estimate of drug-likeness (QED) is 0.884. The van der Waals surface area contributed by atoms with Gasteiger partial charge in [0.2, 0.25) is 5.91 Å². The SMILES string of the molecule is O=C(Cn1ncc(NC2CC2)cc1=O)N1CCCCC1. The Hall–Kier alpha value is -1.85. The van der Waals surface area contributed by atoms with Crippen LogP contribution in [0, 0.1) is 0 Å². The minimum absolute atomic E-state index is 0.0118. The van der Waals surface area contributed by atoms with Crippen molar-refractivity contribution in [2.75, 3.05) is 18.4 Å². The van der Waals surface area contributed by atoms with E-state index in [0.717, 1.165) is 44.5 Å². The smallest absolute Gasteiger partial charge is 0.269 e. The largest absolute Gasteiger partial charge is 0.381 e. The van der Waals surface area contributed by atoms with Crippen molar-refractivity contribution < 1.29 is 4.79 Å². The summed E-state index contributed by atoms with van der Waals surface area (Å²) in [5.41, 5.74) is 0.528. The number of rotatable bonds is 4. The van der Waals surface area contributed by atoms with E-state index in [2.05, 4.69) is 10.4 Å². The predicted octanol–water partition coefficient (Wildman–Crippen LogP) is 0.830. The van der Waals surface area contributed by atoms with E-state index in [4.69, 9.17) is 0 Å². The summed E-state index contributed by atoms with van der Waals surface area (Å²) >= 11 is 0. The van der Waals surface area contributed by atoms with Crippen molar-refractivity contribution in [1.29, 1.82) is 0 Å². The lowest BCUT2D eigenvalue weighted by Crippen LogP contribution is -2.40. The first-order valence-corrected chi connectivity index (χ1v) is 7.34. The molecule has 2 heterocycles. The minimum atomic E-state index is -0.221. The fourth-order valence-electron chi connectivity index (χ4n) is 2.47. The summed E-state index contributed by atoms with van der Waals surface area (Å²) in [4.78, 5) is 25.9. The second-order valence-electron chi connectivity index (χ2n) is 5.60. The summed E-state index contributed by atoms with van der Waals surface area (Å²) in [6.45, 7) is 1.65. The molecule has 1 saturated heterocycles. The van der Waals surface area contributed by atoms with Gasteiger partial charge in [-0.2, -0.15) is 5.10 Å². The molecule has 6 nitrogen and oxygen atoms in total. The topological polar surface area (TPSA) is 67.2 Å². The second-order valence-corrected chi connectivity index (χ2v) is 5.60. The fraction of sp³-hybridized carbons (Fsp3) is 0.643. The van der Waals surface area contributed by atoms with Gasteiger partial charge in [0.15, 0.2) is 0 Å². The van der Waals surface area contributed by atoms with Crippen LogP contribution in [0.1, 0.15) is 32.1 Å². The van der Waals surface area contributed by atoms with Crippen molar-refractivity contribution in [3.8, 4) is 0 Å². The van der Waals surface area contributed by atoms with E-state index in [1.54, 1.807) is 6.20 Å². The Balaban J connectivity index is 1.64. The number of nitrogens with one attached hydrogen (secondary N) is 1. The van der Waals surface area contributed by atoms with E-state index in [0.29, 0.717) is 6.04 Å². The molecule has 1 N–H and O–H groups in total. The van der Waals surface area contributed by atoms with E-state index in [1.165, 1.54) is 17.2 Å². The summed E-state index contributed by atoms with van der Waals surface area (Å²) in [6.07, 6.45) is 7.22. The third-order valence-corrected chi connectivity index (χ3v) is 3.81. The fourth-order valence-corrected chi connectivity index (χ4v) is 2.47. The average Bonchev–Trinajstić information content (AvgIpc) is 3.27. The predicted molar refractivity (Wildman–Crippen MR) is 75.6 cm³/mol. The number of carbonyl (C=O) groups excluding carboxylic acids is 1. The van der Waals surface area contributed by atoms with Crippen LogP contribution < -0.4 is 10.9 Å². The van der Waals surface area contributed by atoms with Crippen LogP contribution in [-0.2, 0) is 11.3 Å². The summed E-state index contributed by atoms with van der Waals surface area (Å²) in [6, 6.07) is 2.01. The number of piperidine rings is 1. The van der Waals surface area contributed by atoms with E-state index in [9.17, 15) is 9.59 Å². The van der Waals surface area contributed by atoms with Crippen molar-refractivity contribution in [3.63, 3.8) is 0 Å². The van der Waals surface area contributed by atoms with Gasteiger partial charge in [-0.05, 0) is 32.1 Å². The van der Waals surface area contributed by atoms with Crippen molar-refractivity contribution in [2.24, 2.45) is 0 Å². The van der Waals surface area contributed by atoms with Crippen molar-refractivity contribution in [3.05, 3.63) is 22.6 Å². The highest BCUT2D eigenvalue weighted by atomic mass is 16.2. The summed E-state index contributed by atoms with van der Waals surface area (Å²) in [5, 5.41) is 7.32. The van der Waals surface area contributed by atoms with Crippen molar-refractivity contribution in [1.82, 2.24) is 14.7 Å². The highest BCUT2D eigenvalue weighted by Gasteiger charge is 2.21. The molecular formula is C14H20N4O2. The number of hydrogen-bond acceptors (Lipinski definition) is 4. The van der Waals surface area contributed by atoms with Gasteiger partial charge in [0.1, 0.15) is 6.54 Å². The van der Waals surface area contributed by atoms with E-state index in [-0.39, 0.29) is 18.0 Å². The molecule has 3 rings (SSSR count). The summed E-state index contributed by atoms with van der Waals surface area (Å²) in [5.74, 6) is -0.0118. The van der Waals surface area contributed by atoms with Gasteiger partial charge < -0.3 is 10.2 Å². The first kappa shape index (κ1) is 13.1. The van der Waals surface area contributed by atoms with Gasteiger partial charge in [0.05, 0.1) is 11.9 Å². The van der Waals surface area contributed by atoms with Gasteiger partial charge in [-0.25, -0.2) is 4.68 Å². The first-order chi connectivity index (χ1) is 9.72. The van der Waals surface area contributed by atoms with Gasteiger partial charge in [-0.1, -0.05) is 0 Å². The molecule has 1 aliphatic heterocycles. The Morgan fingerprint density at radius 2 is 2.05 bits per heavy atom. The molecule has 1 aromatic rings. The Morgan fingerprint density at radius 3 is 2.70 bits per heavy atom. The molecule has 0 spiro atoms. The van der Waals surface area contributed by atoms with Crippen LogP contribution in [0.15, 0.2) is 17.1 Å². The maximum Gasteiger partial charge on any atom is 0.269 e. The molecule has 0 aromatic carbocycles. The third kappa shape index (κ3) is 3.18. The molecule has 2 aliphatic rings. The van der Waals surface area contributed by atoms with Crippen LogP contribution in [0.2, 0.25) is 0 Å². The van der Waals surface area contributed by atoms with Gasteiger partial charge in [-0.15, -0.1) is 0 Å². The van der Waals surface area contributed by atoms with Gasteiger partial charge in [-0.3, -0.25) is 9.59 Å². The number of hydrogen-bond donors (Lipinski definition) is 1. The molecule has 1 saturated carbocycles. The van der Waals surface area contributed by atoms with Gasteiger partial charge in [0.25, 0.3) is 5.56 Å². The van der Waals surface area contributed by atoms with Gasteiger partial charge in [0, 0.05) is 25.2 Å². The number of amides is 1. The molecular weight excluding hydrogens is 256 g/mol. The normalized spacial score (nSPS) is 18.9. The monoisotopic (exact) mass is 276 g/mol. The highest BCUT2D eigenvalue weighted by Crippen LogP contribution is 2.23. The minimum Gasteiger partial charge on any atom is -0.381 e. The molecule has 1 aliphatic carbocycles. The standard InChI is InChI=1S/C14H20N4O2/c19-13-8-12(16-11-4-5-11)9-15-18(13)10-14(20)17-6-2-1-3-7-17/h8-9,11,16H,1-7,10H2. The van der Waals surface area contributed by atoms with Crippen LogP contribution in [-0.4, -0.2) is 39.7 Å². The molecule has 108 valence electrons. The lowest BCUT2D eigenvalue weighted by Gasteiger charge is -2.26. The third-order valence-electron chi connectivity index (χ3n) is 3.81. The van der Waals surface area contributed by atoms with Crippen LogP contribution in [0.3, 0.4) is 0 Å². The van der Waals surface area contributed by atoms with Gasteiger partial charge >= 0.3 is 0 Å². The Labute approximate surface area is 117 Å². The molecule has 0 unspecified atom stereocenters. The Kier molecular flexibility index (Phi) is 3.71. The van der Waals surface area contributed by atoms with E-state index < -0.39 is 0 Å². The van der Waals surface area contributed by atoms with Crippen LogP contribution in [0.25, 0.3) is 0 Å². The molecule has 0 atom stereocenters. The maximum atomic E-state index is 12.1. The average molecular weight is 276 g/mol. The molecule has 0 radical (unpaired) electrons. The maximum absolute atomic E-state index is 12.1. The highest BCUT2D eigenvalue weighted by molar-refractivity contribution is 5.75. The molecule has 1 aromatic heterocycles. The zero-order valence-corrected chi connectivity index (χ0v) is 11.5. The molecule has 20 heavy (non-hydrogen) atoms. The number of likely N-dealkylation sites (tertiary alicyclic amines) is 1. The molecule has 0 bridgehead atoms. The molecule has 6 heteroatoms. The zero-order chi connectivity index (χ0) is 13.9. The molecule has 1 amide bonds.